The number of H-pyrrole nitrogens is 1. The fraction of sp³-hybridized carbons (Fsp3) is 0.636. The maximum absolute atomic E-state index is 13.2. The first kappa shape index (κ1) is 19.8. The third-order valence-electron chi connectivity index (χ3n) is 6.78. The topological polar surface area (TPSA) is 22.3 Å². The second kappa shape index (κ2) is 7.38. The van der Waals surface area contributed by atoms with Crippen LogP contribution in [-0.4, -0.2) is 55.1 Å². The lowest BCUT2D eigenvalue weighted by Gasteiger charge is -2.44. The molecule has 0 saturated carbocycles. The molecule has 3 atom stereocenters. The largest absolute Gasteiger partial charge is 0.416 e. The van der Waals surface area contributed by atoms with Crippen LogP contribution in [0, 0.1) is 11.8 Å². The summed E-state index contributed by atoms with van der Waals surface area (Å²) in [5, 5.41) is 0.764. The van der Waals surface area contributed by atoms with E-state index in [-0.39, 0.29) is 5.92 Å². The molecule has 2 aromatic rings. The lowest BCUT2D eigenvalue weighted by Crippen LogP contribution is -2.45. The van der Waals surface area contributed by atoms with E-state index in [1.807, 2.05) is 0 Å². The zero-order valence-electron chi connectivity index (χ0n) is 16.9. The molecule has 1 aliphatic heterocycles. The Kier molecular flexibility index (Phi) is 5.21. The molecule has 0 amide bonds. The molecule has 1 N–H and O–H groups in total. The summed E-state index contributed by atoms with van der Waals surface area (Å²) in [7, 11) is 4.20. The Balaban J connectivity index is 1.59. The first-order valence-corrected chi connectivity index (χ1v) is 10.3. The van der Waals surface area contributed by atoms with Gasteiger partial charge in [-0.05, 0) is 94.5 Å². The van der Waals surface area contributed by atoms with Crippen molar-refractivity contribution in [2.45, 2.75) is 38.3 Å². The molecule has 1 fully saturated rings. The van der Waals surface area contributed by atoms with Gasteiger partial charge in [-0.3, -0.25) is 0 Å². The highest BCUT2D eigenvalue weighted by Gasteiger charge is 2.40. The quantitative estimate of drug-likeness (QED) is 0.811. The minimum absolute atomic E-state index is 0.280. The smallest absolute Gasteiger partial charge is 0.358 e. The molecule has 4 rings (SSSR count). The number of hydrogen-bond donors (Lipinski definition) is 1. The maximum atomic E-state index is 13.2. The summed E-state index contributed by atoms with van der Waals surface area (Å²) < 4.78 is 39.7. The van der Waals surface area contributed by atoms with E-state index in [4.69, 9.17) is 0 Å². The molecule has 3 nitrogen and oxygen atoms in total. The number of fused-ring (bicyclic) bond motifs is 4. The fourth-order valence-corrected chi connectivity index (χ4v) is 5.34. The van der Waals surface area contributed by atoms with Crippen LogP contribution in [-0.2, 0) is 12.6 Å². The summed E-state index contributed by atoms with van der Waals surface area (Å²) in [6.07, 6.45) is -0.996. The first-order valence-electron chi connectivity index (χ1n) is 10.3. The number of alkyl halides is 3. The molecular weight excluding hydrogens is 363 g/mol. The van der Waals surface area contributed by atoms with E-state index in [1.165, 1.54) is 18.6 Å². The third kappa shape index (κ3) is 3.69. The zero-order chi connectivity index (χ0) is 20.1. The zero-order valence-corrected chi connectivity index (χ0v) is 16.9. The van der Waals surface area contributed by atoms with Gasteiger partial charge < -0.3 is 14.8 Å². The van der Waals surface area contributed by atoms with Crippen LogP contribution in [0.1, 0.15) is 42.5 Å². The van der Waals surface area contributed by atoms with Gasteiger partial charge in [0.15, 0.2) is 0 Å². The number of likely N-dealkylation sites (tertiary alicyclic amines) is 1. The van der Waals surface area contributed by atoms with Gasteiger partial charge in [0.25, 0.3) is 0 Å². The number of aromatic nitrogens is 1. The van der Waals surface area contributed by atoms with Gasteiger partial charge in [0.1, 0.15) is 0 Å². The van der Waals surface area contributed by atoms with Crippen LogP contribution >= 0.6 is 0 Å². The van der Waals surface area contributed by atoms with Crippen molar-refractivity contribution in [2.24, 2.45) is 11.8 Å². The molecule has 1 aromatic carbocycles. The molecule has 1 saturated heterocycles. The average molecular weight is 393 g/mol. The Morgan fingerprint density at radius 3 is 2.75 bits per heavy atom. The van der Waals surface area contributed by atoms with Gasteiger partial charge in [0.05, 0.1) is 5.56 Å². The minimum atomic E-state index is -4.30. The molecule has 2 heterocycles. The highest BCUT2D eigenvalue weighted by atomic mass is 19.4. The third-order valence-corrected chi connectivity index (χ3v) is 6.78. The van der Waals surface area contributed by atoms with E-state index >= 15 is 0 Å². The summed E-state index contributed by atoms with van der Waals surface area (Å²) >= 11 is 0. The van der Waals surface area contributed by atoms with Gasteiger partial charge in [-0.15, -0.1) is 0 Å². The molecule has 0 unspecified atom stereocenters. The van der Waals surface area contributed by atoms with Crippen molar-refractivity contribution in [3.8, 4) is 0 Å². The summed E-state index contributed by atoms with van der Waals surface area (Å²) in [4.78, 5) is 8.20. The van der Waals surface area contributed by atoms with Crippen LogP contribution in [0.25, 0.3) is 10.9 Å². The van der Waals surface area contributed by atoms with Crippen molar-refractivity contribution < 1.29 is 13.2 Å². The molecule has 0 radical (unpaired) electrons. The van der Waals surface area contributed by atoms with Crippen molar-refractivity contribution in [2.75, 3.05) is 40.3 Å². The van der Waals surface area contributed by atoms with Gasteiger partial charge in [0, 0.05) is 23.1 Å². The molecule has 6 heteroatoms. The van der Waals surface area contributed by atoms with E-state index in [2.05, 4.69) is 35.8 Å². The normalized spacial score (nSPS) is 25.9. The van der Waals surface area contributed by atoms with E-state index in [1.54, 1.807) is 6.07 Å². The number of aromatic amines is 1. The Morgan fingerprint density at radius 1 is 1.25 bits per heavy atom. The lowest BCUT2D eigenvalue weighted by atomic mass is 9.68. The molecule has 154 valence electrons. The number of hydrogen-bond acceptors (Lipinski definition) is 2. The molecule has 1 aliphatic carbocycles. The summed E-state index contributed by atoms with van der Waals surface area (Å²) in [5.41, 5.74) is 2.57. The number of nitrogens with one attached hydrogen (secondary N) is 1. The van der Waals surface area contributed by atoms with Crippen molar-refractivity contribution in [1.82, 2.24) is 14.8 Å². The summed E-state index contributed by atoms with van der Waals surface area (Å²) in [6, 6.07) is 4.13. The van der Waals surface area contributed by atoms with E-state index in [0.717, 1.165) is 61.2 Å². The first-order chi connectivity index (χ1) is 13.2. The van der Waals surface area contributed by atoms with Crippen LogP contribution in [0.3, 0.4) is 0 Å². The maximum Gasteiger partial charge on any atom is 0.416 e. The van der Waals surface area contributed by atoms with Crippen LogP contribution in [0.5, 0.6) is 0 Å². The number of nitrogens with zero attached hydrogens (tertiary/aromatic N) is 2. The predicted molar refractivity (Wildman–Crippen MR) is 107 cm³/mol. The van der Waals surface area contributed by atoms with E-state index in [0.29, 0.717) is 11.8 Å². The second-order valence-electron chi connectivity index (χ2n) is 8.94. The predicted octanol–water partition coefficient (Wildman–Crippen LogP) is 4.74. The number of rotatable bonds is 4. The van der Waals surface area contributed by atoms with Gasteiger partial charge in [-0.1, -0.05) is 6.92 Å². The standard InChI is InChI=1S/C22H30F3N3/c1-14-18-13-28(9-4-8-27(2)3)10-7-15(18)11-20-21(14)17-12-16(22(23,24)25)5-6-19(17)26-20/h5-6,12,14-15,18,26H,4,7-11,13H2,1-3H3/t14-,15-,18-/m0/s1. The monoisotopic (exact) mass is 393 g/mol. The van der Waals surface area contributed by atoms with Crippen LogP contribution in [0.15, 0.2) is 18.2 Å². The minimum Gasteiger partial charge on any atom is -0.358 e. The van der Waals surface area contributed by atoms with Crippen molar-refractivity contribution >= 4 is 10.9 Å². The summed E-state index contributed by atoms with van der Waals surface area (Å²) in [5.74, 6) is 1.43. The van der Waals surface area contributed by atoms with Crippen LogP contribution in [0.2, 0.25) is 0 Å². The van der Waals surface area contributed by atoms with Gasteiger partial charge in [0.2, 0.25) is 0 Å². The Labute approximate surface area is 164 Å². The SMILES string of the molecule is C[C@@H]1c2c([nH]c3ccc(C(F)(F)F)cc23)C[C@@H]2CCN(CCCN(C)C)C[C@H]21. The van der Waals surface area contributed by atoms with Gasteiger partial charge >= 0.3 is 6.18 Å². The summed E-state index contributed by atoms with van der Waals surface area (Å²) in [6.45, 7) is 6.60. The van der Waals surface area contributed by atoms with Crippen molar-refractivity contribution in [3.63, 3.8) is 0 Å². The molecule has 28 heavy (non-hydrogen) atoms. The fourth-order valence-electron chi connectivity index (χ4n) is 5.34. The highest BCUT2D eigenvalue weighted by molar-refractivity contribution is 5.86. The van der Waals surface area contributed by atoms with Crippen LogP contribution in [0.4, 0.5) is 13.2 Å². The molecule has 0 spiro atoms. The molecule has 1 aromatic heterocycles. The second-order valence-corrected chi connectivity index (χ2v) is 8.94. The lowest BCUT2D eigenvalue weighted by molar-refractivity contribution is -0.137. The van der Waals surface area contributed by atoms with Crippen LogP contribution < -0.4 is 0 Å². The number of halogens is 3. The highest BCUT2D eigenvalue weighted by Crippen LogP contribution is 2.46. The number of piperidine rings is 1. The van der Waals surface area contributed by atoms with Crippen molar-refractivity contribution in [3.05, 3.63) is 35.0 Å². The Morgan fingerprint density at radius 2 is 2.04 bits per heavy atom. The van der Waals surface area contributed by atoms with Gasteiger partial charge in [-0.2, -0.15) is 13.2 Å². The van der Waals surface area contributed by atoms with E-state index in [9.17, 15) is 13.2 Å². The molecular formula is C22H30F3N3. The van der Waals surface area contributed by atoms with Crippen molar-refractivity contribution in [1.29, 1.82) is 0 Å². The Hall–Kier alpha value is -1.53. The molecule has 0 bridgehead atoms. The molecule has 2 aliphatic rings. The Bertz CT molecular complexity index is 839. The average Bonchev–Trinajstić information content (AvgIpc) is 2.99. The number of benzene rings is 1. The van der Waals surface area contributed by atoms with E-state index < -0.39 is 11.7 Å². The van der Waals surface area contributed by atoms with Gasteiger partial charge in [-0.25, -0.2) is 0 Å².